The van der Waals surface area contributed by atoms with Crippen molar-refractivity contribution >= 4 is 5.97 Å². The molecule has 1 saturated carbocycles. The van der Waals surface area contributed by atoms with Gasteiger partial charge in [0.05, 0.1) is 13.2 Å². The van der Waals surface area contributed by atoms with Crippen molar-refractivity contribution in [2.75, 3.05) is 19.8 Å². The first-order valence-corrected chi connectivity index (χ1v) is 11.2. The average molecular weight is 417 g/mol. The number of esters is 1. The molecule has 1 aliphatic heterocycles. The molecule has 0 aromatic carbocycles. The minimum atomic E-state index is -1.26. The predicted molar refractivity (Wildman–Crippen MR) is 115 cm³/mol. The number of aliphatic hydroxyl groups is 1. The maximum absolute atomic E-state index is 11.7. The van der Waals surface area contributed by atoms with Crippen LogP contribution in [0.1, 0.15) is 71.6 Å². The first-order chi connectivity index (χ1) is 14.3. The summed E-state index contributed by atoms with van der Waals surface area (Å²) in [5, 5.41) is 11.7. The summed E-state index contributed by atoms with van der Waals surface area (Å²) >= 11 is 0. The van der Waals surface area contributed by atoms with Crippen LogP contribution in [0.5, 0.6) is 0 Å². The first kappa shape index (κ1) is 23.1. The first-order valence-electron chi connectivity index (χ1n) is 11.2. The van der Waals surface area contributed by atoms with E-state index in [1.165, 1.54) is 18.1 Å². The summed E-state index contributed by atoms with van der Waals surface area (Å²) in [6.45, 7) is 8.98. The van der Waals surface area contributed by atoms with Crippen LogP contribution in [-0.4, -0.2) is 42.3 Å². The summed E-state index contributed by atoms with van der Waals surface area (Å²) in [5.41, 5.74) is 0.777. The van der Waals surface area contributed by atoms with Crippen LogP contribution in [0.4, 0.5) is 0 Å². The third-order valence-corrected chi connectivity index (χ3v) is 7.51. The highest BCUT2D eigenvalue weighted by Gasteiger charge is 2.64. The Labute approximate surface area is 180 Å². The maximum atomic E-state index is 11.7. The van der Waals surface area contributed by atoms with Gasteiger partial charge in [0, 0.05) is 24.7 Å². The molecule has 3 rings (SSSR count). The Morgan fingerprint density at radius 2 is 2.03 bits per heavy atom. The fourth-order valence-electron chi connectivity index (χ4n) is 5.88. The van der Waals surface area contributed by atoms with Crippen molar-refractivity contribution < 1.29 is 24.1 Å². The number of ether oxygens (including phenoxy) is 3. The van der Waals surface area contributed by atoms with Gasteiger partial charge >= 0.3 is 5.97 Å². The van der Waals surface area contributed by atoms with Crippen molar-refractivity contribution in [2.45, 2.75) is 83.0 Å². The fourth-order valence-corrected chi connectivity index (χ4v) is 5.88. The van der Waals surface area contributed by atoms with Crippen LogP contribution >= 0.6 is 0 Å². The van der Waals surface area contributed by atoms with Crippen molar-refractivity contribution in [3.8, 4) is 12.3 Å². The number of hydrogen-bond donors (Lipinski definition) is 1. The third-order valence-electron chi connectivity index (χ3n) is 7.51. The van der Waals surface area contributed by atoms with Gasteiger partial charge in [-0.15, -0.1) is 13.0 Å². The topological polar surface area (TPSA) is 65.0 Å². The van der Waals surface area contributed by atoms with Gasteiger partial charge in [0.2, 0.25) is 0 Å². The standard InChI is InChI=1S/C25H36O5/c1-5-13-23(4)22(12-15-25(23)29-16-17-30-25)24(27,6-2)14-11-20-9-7-8-10-21(20)18-28-19(3)26/h2,5,22,27H,1,7-18H2,3-4H3/t22-,23-,24-/m0/s1. The van der Waals surface area contributed by atoms with Crippen LogP contribution < -0.4 is 0 Å². The number of rotatable bonds is 8. The second-order valence-electron chi connectivity index (χ2n) is 9.21. The van der Waals surface area contributed by atoms with Crippen molar-refractivity contribution in [3.05, 3.63) is 23.8 Å². The zero-order valence-electron chi connectivity index (χ0n) is 18.5. The highest BCUT2D eigenvalue weighted by atomic mass is 16.7. The summed E-state index contributed by atoms with van der Waals surface area (Å²) in [5.74, 6) is 1.64. The normalized spacial score (nSPS) is 30.1. The van der Waals surface area contributed by atoms with Gasteiger partial charge in [-0.1, -0.05) is 24.5 Å². The minimum Gasteiger partial charge on any atom is -0.461 e. The van der Waals surface area contributed by atoms with E-state index in [0.29, 0.717) is 39.1 Å². The average Bonchev–Trinajstić information content (AvgIpc) is 3.32. The van der Waals surface area contributed by atoms with E-state index in [0.717, 1.165) is 38.5 Å². The van der Waals surface area contributed by atoms with Crippen molar-refractivity contribution in [1.29, 1.82) is 0 Å². The molecule has 3 aliphatic rings. The molecule has 1 heterocycles. The zero-order chi connectivity index (χ0) is 21.8. The number of carbonyl (C=O) groups excluding carboxylic acids is 1. The lowest BCUT2D eigenvalue weighted by Gasteiger charge is -2.46. The van der Waals surface area contributed by atoms with Gasteiger partial charge in [0.25, 0.3) is 0 Å². The van der Waals surface area contributed by atoms with E-state index in [1.54, 1.807) is 0 Å². The Kier molecular flexibility index (Phi) is 7.12. The van der Waals surface area contributed by atoms with Crippen LogP contribution in [-0.2, 0) is 19.0 Å². The second-order valence-corrected chi connectivity index (χ2v) is 9.21. The molecule has 2 aliphatic carbocycles. The van der Waals surface area contributed by atoms with Gasteiger partial charge in [-0.3, -0.25) is 4.79 Å². The summed E-state index contributed by atoms with van der Waals surface area (Å²) in [4.78, 5) is 11.2. The lowest BCUT2D eigenvalue weighted by molar-refractivity contribution is -0.233. The molecule has 0 aromatic heterocycles. The number of carbonyl (C=O) groups is 1. The van der Waals surface area contributed by atoms with Crippen LogP contribution in [0.25, 0.3) is 0 Å². The van der Waals surface area contributed by atoms with Gasteiger partial charge in [-0.05, 0) is 56.9 Å². The van der Waals surface area contributed by atoms with E-state index in [1.807, 2.05) is 6.08 Å². The summed E-state index contributed by atoms with van der Waals surface area (Å²) < 4.78 is 17.5. The molecule has 166 valence electrons. The van der Waals surface area contributed by atoms with Crippen molar-refractivity contribution in [2.24, 2.45) is 11.3 Å². The Balaban J connectivity index is 1.80. The Hall–Kier alpha value is -1.61. The van der Waals surface area contributed by atoms with Gasteiger partial charge in [0.15, 0.2) is 5.79 Å². The predicted octanol–water partition coefficient (Wildman–Crippen LogP) is 4.30. The quantitative estimate of drug-likeness (QED) is 0.363. The van der Waals surface area contributed by atoms with Gasteiger partial charge < -0.3 is 19.3 Å². The van der Waals surface area contributed by atoms with Gasteiger partial charge in [-0.2, -0.15) is 0 Å². The molecule has 3 atom stereocenters. The van der Waals surface area contributed by atoms with E-state index >= 15 is 0 Å². The maximum Gasteiger partial charge on any atom is 0.302 e. The van der Waals surface area contributed by atoms with E-state index in [4.69, 9.17) is 20.6 Å². The lowest BCUT2D eigenvalue weighted by atomic mass is 9.65. The summed E-state index contributed by atoms with van der Waals surface area (Å²) in [7, 11) is 0. The molecule has 0 aromatic rings. The van der Waals surface area contributed by atoms with Gasteiger partial charge in [-0.25, -0.2) is 0 Å². The molecular weight excluding hydrogens is 380 g/mol. The molecule has 0 radical (unpaired) electrons. The number of terminal acetylenes is 1. The van der Waals surface area contributed by atoms with E-state index in [9.17, 15) is 9.90 Å². The fraction of sp³-hybridized carbons (Fsp3) is 0.720. The molecule has 2 fully saturated rings. The highest BCUT2D eigenvalue weighted by molar-refractivity contribution is 5.66. The summed E-state index contributed by atoms with van der Waals surface area (Å²) in [6, 6.07) is 0. The largest absolute Gasteiger partial charge is 0.461 e. The molecule has 0 bridgehead atoms. The van der Waals surface area contributed by atoms with Gasteiger partial charge in [0.1, 0.15) is 12.2 Å². The molecule has 5 nitrogen and oxygen atoms in total. The molecule has 30 heavy (non-hydrogen) atoms. The monoisotopic (exact) mass is 416 g/mol. The van der Waals surface area contributed by atoms with Crippen LogP contribution in [0.2, 0.25) is 0 Å². The van der Waals surface area contributed by atoms with E-state index in [2.05, 4.69) is 19.4 Å². The molecule has 0 unspecified atom stereocenters. The lowest BCUT2D eigenvalue weighted by Crippen LogP contribution is -2.52. The minimum absolute atomic E-state index is 0.146. The third kappa shape index (κ3) is 4.23. The highest BCUT2D eigenvalue weighted by Crippen LogP contribution is 2.60. The molecule has 5 heteroatoms. The Bertz CT molecular complexity index is 726. The van der Waals surface area contributed by atoms with Crippen LogP contribution in [0, 0.1) is 23.7 Å². The molecule has 0 amide bonds. The van der Waals surface area contributed by atoms with Crippen molar-refractivity contribution in [1.82, 2.24) is 0 Å². The SMILES string of the molecule is C#C[C@](O)(CCC1=C(COC(C)=O)CCCC1)[C@H]1CCC2(OCCO2)[C@@]1(C)CC=C. The van der Waals surface area contributed by atoms with Crippen molar-refractivity contribution in [3.63, 3.8) is 0 Å². The number of hydrogen-bond acceptors (Lipinski definition) is 5. The smallest absolute Gasteiger partial charge is 0.302 e. The summed E-state index contributed by atoms with van der Waals surface area (Å²) in [6.07, 6.45) is 15.3. The molecule has 1 N–H and O–H groups in total. The van der Waals surface area contributed by atoms with Crippen LogP contribution in [0.3, 0.4) is 0 Å². The molecule has 1 spiro atoms. The Morgan fingerprint density at radius 1 is 1.37 bits per heavy atom. The number of allylic oxidation sites excluding steroid dienone is 2. The molecular formula is C25H36O5. The Morgan fingerprint density at radius 3 is 2.63 bits per heavy atom. The second kappa shape index (κ2) is 9.26. The molecule has 1 saturated heterocycles. The van der Waals surface area contributed by atoms with Crippen LogP contribution in [0.15, 0.2) is 23.8 Å². The zero-order valence-corrected chi connectivity index (χ0v) is 18.5. The van der Waals surface area contributed by atoms with E-state index in [-0.39, 0.29) is 11.9 Å². The van der Waals surface area contributed by atoms with E-state index < -0.39 is 16.8 Å².